The molecule has 22 heavy (non-hydrogen) atoms. The third-order valence-electron chi connectivity index (χ3n) is 3.66. The fourth-order valence-electron chi connectivity index (χ4n) is 2.47. The van der Waals surface area contributed by atoms with Gasteiger partial charge in [-0.15, -0.1) is 0 Å². The van der Waals surface area contributed by atoms with E-state index >= 15 is 0 Å². The van der Waals surface area contributed by atoms with Crippen LogP contribution in [0, 0.1) is 5.82 Å². The molecule has 2 N–H and O–H groups in total. The van der Waals surface area contributed by atoms with E-state index in [0.717, 1.165) is 3.58 Å². The average molecular weight is 415 g/mol. The summed E-state index contributed by atoms with van der Waals surface area (Å²) in [5.41, 5.74) is 5.58. The van der Waals surface area contributed by atoms with Crippen LogP contribution < -0.4 is 14.2 Å². The van der Waals surface area contributed by atoms with E-state index < -0.39 is 30.4 Å². The number of hydrogen-bond donors (Lipinski definition) is 1. The van der Waals surface area contributed by atoms with Crippen molar-refractivity contribution in [1.82, 2.24) is 0 Å². The zero-order valence-electron chi connectivity index (χ0n) is 13.1. The van der Waals surface area contributed by atoms with E-state index in [1.165, 1.54) is 11.0 Å². The average Bonchev–Trinajstić information content (AvgIpc) is 2.76. The number of anilines is 1. The molecule has 1 heterocycles. The molecule has 2 rings (SSSR count). The fourth-order valence-corrected chi connectivity index (χ4v) is 6.38. The molecule has 0 unspecified atom stereocenters. The molecule has 0 aliphatic carbocycles. The van der Waals surface area contributed by atoms with Crippen LogP contribution in [0.4, 0.5) is 14.9 Å². The fraction of sp³-hybridized carbons (Fsp3) is 0.467. The van der Waals surface area contributed by atoms with Crippen molar-refractivity contribution in [2.24, 2.45) is 5.73 Å². The van der Waals surface area contributed by atoms with Gasteiger partial charge >= 0.3 is 133 Å². The van der Waals surface area contributed by atoms with Gasteiger partial charge in [-0.05, 0) is 0 Å². The quantitative estimate of drug-likeness (QED) is 0.748. The Balaban J connectivity index is 2.14. The molecule has 1 saturated heterocycles. The topological polar surface area (TPSA) is 72.6 Å². The van der Waals surface area contributed by atoms with Gasteiger partial charge in [-0.3, -0.25) is 0 Å². The monoisotopic (exact) mass is 416 g/mol. The van der Waals surface area contributed by atoms with Crippen LogP contribution in [0.15, 0.2) is 18.2 Å². The number of carbonyl (C=O) groups excluding carboxylic acids is 2. The van der Waals surface area contributed by atoms with E-state index in [9.17, 15) is 14.0 Å². The summed E-state index contributed by atoms with van der Waals surface area (Å²) in [5.74, 6) is -0.684. The summed E-state index contributed by atoms with van der Waals surface area (Å²) in [4.78, 5) is 30.5. The Kier molecular flexibility index (Phi) is 4.99. The van der Waals surface area contributed by atoms with Gasteiger partial charge in [-0.1, -0.05) is 0 Å². The van der Waals surface area contributed by atoms with Gasteiger partial charge in [0.1, 0.15) is 0 Å². The summed E-state index contributed by atoms with van der Waals surface area (Å²) < 4.78 is 20.3. The van der Waals surface area contributed by atoms with Crippen molar-refractivity contribution in [3.8, 4) is 0 Å². The maximum atomic E-state index is 14.3. The van der Waals surface area contributed by atoms with E-state index in [0.29, 0.717) is 18.7 Å². The van der Waals surface area contributed by atoms with Gasteiger partial charge in [-0.25, -0.2) is 0 Å². The summed E-state index contributed by atoms with van der Waals surface area (Å²) in [5, 5.41) is 0. The van der Waals surface area contributed by atoms with Gasteiger partial charge in [-0.2, -0.15) is 0 Å². The molecule has 1 aliphatic rings. The normalized spacial score (nSPS) is 18.5. The molecule has 1 fully saturated rings. The van der Waals surface area contributed by atoms with Gasteiger partial charge < -0.3 is 0 Å². The molecule has 0 aromatic heterocycles. The number of cyclic esters (lactones) is 1. The molecule has 2 amide bonds. The number of amides is 2. The summed E-state index contributed by atoms with van der Waals surface area (Å²) in [6, 6.07) is 4.94. The van der Waals surface area contributed by atoms with Crippen molar-refractivity contribution >= 4 is 39.6 Å². The number of carbonyl (C=O) groups is 2. The van der Waals surface area contributed by atoms with Crippen LogP contribution in [0.25, 0.3) is 0 Å². The predicted octanol–water partition coefficient (Wildman–Crippen LogP) is 1.96. The van der Waals surface area contributed by atoms with Gasteiger partial charge in [0.15, 0.2) is 0 Å². The molecular formula is C15H21FN2O3Sn. The van der Waals surface area contributed by atoms with Crippen LogP contribution in [0.1, 0.15) is 12.8 Å². The Morgan fingerprint density at radius 1 is 1.45 bits per heavy atom. The third kappa shape index (κ3) is 3.91. The van der Waals surface area contributed by atoms with Crippen LogP contribution in [0.5, 0.6) is 0 Å². The SMILES string of the molecule is [CH3][Sn]([CH3])([CH3])[c]1ccc(N2C[C@H](CCC(N)=O)OC2=O)cc1F. The number of halogens is 1. The number of nitrogens with zero attached hydrogens (tertiary/aromatic N) is 1. The van der Waals surface area contributed by atoms with E-state index in [2.05, 4.69) is 14.8 Å². The first-order chi connectivity index (χ1) is 10.2. The standard InChI is InChI=1S/C12H12FN2O3.3CH3.Sn/c13-8-2-1-3-9(6-8)15-7-10(18-12(15)17)4-5-11(14)16;;;;/h1,3,6,10H,4-5,7H2,(H2,14,16);3*1H3;/t10-;;;;/m0..../s1. The third-order valence-corrected chi connectivity index (χ3v) is 9.43. The summed E-state index contributed by atoms with van der Waals surface area (Å²) in [6.45, 7) is 0.309. The molecule has 0 spiro atoms. The minimum atomic E-state index is -2.50. The van der Waals surface area contributed by atoms with E-state index in [1.54, 1.807) is 12.1 Å². The first-order valence-electron chi connectivity index (χ1n) is 7.25. The summed E-state index contributed by atoms with van der Waals surface area (Å²) in [6.07, 6.45) is -0.348. The predicted molar refractivity (Wildman–Crippen MR) is 85.4 cm³/mol. The van der Waals surface area contributed by atoms with Crippen molar-refractivity contribution in [2.75, 3.05) is 11.4 Å². The molecule has 1 aliphatic heterocycles. The van der Waals surface area contributed by atoms with Crippen molar-refractivity contribution in [3.63, 3.8) is 0 Å². The molecule has 120 valence electrons. The summed E-state index contributed by atoms with van der Waals surface area (Å²) in [7, 11) is 0. The van der Waals surface area contributed by atoms with Crippen LogP contribution in [0.2, 0.25) is 14.8 Å². The van der Waals surface area contributed by atoms with Crippen LogP contribution >= 0.6 is 0 Å². The van der Waals surface area contributed by atoms with E-state index in [-0.39, 0.29) is 18.3 Å². The molecule has 0 saturated carbocycles. The molecule has 1 aromatic rings. The Hall–Kier alpha value is -1.31. The Morgan fingerprint density at radius 3 is 2.68 bits per heavy atom. The Morgan fingerprint density at radius 2 is 2.14 bits per heavy atom. The zero-order valence-corrected chi connectivity index (χ0v) is 15.9. The number of nitrogens with two attached hydrogens (primary N) is 1. The Labute approximate surface area is 133 Å². The molecule has 5 nitrogen and oxygen atoms in total. The van der Waals surface area contributed by atoms with Crippen molar-refractivity contribution in [2.45, 2.75) is 33.8 Å². The van der Waals surface area contributed by atoms with E-state index in [1.807, 2.05) is 0 Å². The van der Waals surface area contributed by atoms with Crippen molar-refractivity contribution in [3.05, 3.63) is 24.0 Å². The molecule has 7 heteroatoms. The second-order valence-corrected chi connectivity index (χ2v) is 20.9. The van der Waals surface area contributed by atoms with Crippen molar-refractivity contribution < 1.29 is 18.7 Å². The first-order valence-corrected chi connectivity index (χ1v) is 17.2. The second kappa shape index (κ2) is 6.44. The molecule has 0 radical (unpaired) electrons. The molecule has 1 aromatic carbocycles. The van der Waals surface area contributed by atoms with Gasteiger partial charge in [0, 0.05) is 0 Å². The number of ether oxygens (including phenoxy) is 1. The number of rotatable bonds is 5. The maximum absolute atomic E-state index is 14.3. The van der Waals surface area contributed by atoms with Crippen molar-refractivity contribution in [1.29, 1.82) is 0 Å². The van der Waals surface area contributed by atoms with Gasteiger partial charge in [0.05, 0.1) is 0 Å². The Bertz CT molecular complexity index is 601. The molecule has 1 atom stereocenters. The second-order valence-electron chi connectivity index (χ2n) is 6.54. The first kappa shape index (κ1) is 17.0. The molecular weight excluding hydrogens is 394 g/mol. The zero-order chi connectivity index (χ0) is 16.5. The number of hydrogen-bond acceptors (Lipinski definition) is 3. The number of benzene rings is 1. The van der Waals surface area contributed by atoms with E-state index in [4.69, 9.17) is 10.5 Å². The minimum absolute atomic E-state index is 0.164. The van der Waals surface area contributed by atoms with Crippen LogP contribution in [-0.4, -0.2) is 43.0 Å². The van der Waals surface area contributed by atoms with Crippen LogP contribution in [-0.2, 0) is 9.53 Å². The number of primary amides is 1. The summed E-state index contributed by atoms with van der Waals surface area (Å²) >= 11 is -2.50. The van der Waals surface area contributed by atoms with Gasteiger partial charge in [0.2, 0.25) is 0 Å². The van der Waals surface area contributed by atoms with Crippen LogP contribution in [0.3, 0.4) is 0 Å². The molecule has 0 bridgehead atoms. The van der Waals surface area contributed by atoms with Gasteiger partial charge in [0.25, 0.3) is 0 Å².